The van der Waals surface area contributed by atoms with Gasteiger partial charge in [-0.25, -0.2) is 15.3 Å². The maximum atomic E-state index is 13.4. The highest BCUT2D eigenvalue weighted by Crippen LogP contribution is 2.36. The summed E-state index contributed by atoms with van der Waals surface area (Å²) in [5, 5.41) is 0. The van der Waals surface area contributed by atoms with E-state index in [4.69, 9.17) is 4.84 Å². The number of alkyl halides is 3. The van der Waals surface area contributed by atoms with Crippen LogP contribution in [-0.4, -0.2) is 10.8 Å². The summed E-state index contributed by atoms with van der Waals surface area (Å²) in [6, 6.07) is 16.2. The van der Waals surface area contributed by atoms with Gasteiger partial charge in [-0.2, -0.15) is 13.2 Å². The van der Waals surface area contributed by atoms with Crippen LogP contribution in [0.3, 0.4) is 0 Å². The summed E-state index contributed by atoms with van der Waals surface area (Å²) in [6.45, 7) is 0. The molecule has 1 aliphatic rings. The highest BCUT2D eigenvalue weighted by atomic mass is 19.4. The van der Waals surface area contributed by atoms with Crippen molar-refractivity contribution < 1.29 is 18.0 Å². The molecule has 0 aliphatic carbocycles. The van der Waals surface area contributed by atoms with Crippen molar-refractivity contribution >= 4 is 5.84 Å². The summed E-state index contributed by atoms with van der Waals surface area (Å²) in [6.07, 6.45) is -2.14. The van der Waals surface area contributed by atoms with Crippen LogP contribution in [-0.2, 0) is 11.0 Å². The molecule has 1 atom stereocenters. The highest BCUT2D eigenvalue weighted by Gasteiger charge is 2.33. The Bertz CT molecular complexity index is 973. The zero-order chi connectivity index (χ0) is 18.9. The Morgan fingerprint density at radius 1 is 0.852 bits per heavy atom. The van der Waals surface area contributed by atoms with Gasteiger partial charge in [0.1, 0.15) is 0 Å². The lowest BCUT2D eigenvalue weighted by Gasteiger charge is -2.14. The molecule has 1 unspecified atom stereocenters. The summed E-state index contributed by atoms with van der Waals surface area (Å²) in [4.78, 5) is 13.7. The number of nitrogens with one attached hydrogen (secondary N) is 1. The zero-order valence-electron chi connectivity index (χ0n) is 13.9. The molecule has 27 heavy (non-hydrogen) atoms. The van der Waals surface area contributed by atoms with Gasteiger partial charge in [-0.1, -0.05) is 30.3 Å². The molecule has 1 N–H and O–H groups in total. The molecule has 0 amide bonds. The van der Waals surface area contributed by atoms with E-state index in [0.29, 0.717) is 22.5 Å². The number of halogens is 3. The number of benzene rings is 2. The Morgan fingerprint density at radius 2 is 1.59 bits per heavy atom. The molecule has 7 heteroatoms. The van der Waals surface area contributed by atoms with Crippen molar-refractivity contribution in [2.24, 2.45) is 4.99 Å². The second-order valence-corrected chi connectivity index (χ2v) is 5.99. The molecule has 1 aliphatic heterocycles. The molecule has 3 aromatic rings. The number of hydrogen-bond donors (Lipinski definition) is 1. The Labute approximate surface area is 153 Å². The van der Waals surface area contributed by atoms with Gasteiger partial charge in [0.2, 0.25) is 6.23 Å². The van der Waals surface area contributed by atoms with Gasteiger partial charge in [0, 0.05) is 23.5 Å². The minimum atomic E-state index is -4.47. The third kappa shape index (κ3) is 3.68. The van der Waals surface area contributed by atoms with E-state index in [1.54, 1.807) is 54.9 Å². The van der Waals surface area contributed by atoms with Crippen LogP contribution in [0.1, 0.15) is 22.9 Å². The zero-order valence-corrected chi connectivity index (χ0v) is 13.9. The van der Waals surface area contributed by atoms with E-state index in [0.717, 1.165) is 17.7 Å². The van der Waals surface area contributed by atoms with Gasteiger partial charge >= 0.3 is 6.18 Å². The van der Waals surface area contributed by atoms with Gasteiger partial charge in [0.25, 0.3) is 0 Å². The summed E-state index contributed by atoms with van der Waals surface area (Å²) < 4.78 is 40.2. The second kappa shape index (κ2) is 6.85. The Morgan fingerprint density at radius 3 is 2.30 bits per heavy atom. The first-order chi connectivity index (χ1) is 13.0. The van der Waals surface area contributed by atoms with Crippen LogP contribution in [0.25, 0.3) is 11.1 Å². The smallest absolute Gasteiger partial charge is 0.265 e. The third-order valence-corrected chi connectivity index (χ3v) is 4.14. The molecule has 0 bridgehead atoms. The standard InChI is InChI=1S/C20H14F3N3O/c21-20(22,23)17-11-15(13-4-2-1-3-5-13)10-16(12-17)19-25-18(26-27-19)14-6-8-24-9-7-14/h1-12,19H,(H,25,26). The molecular weight excluding hydrogens is 355 g/mol. The van der Waals surface area contributed by atoms with Gasteiger partial charge in [-0.05, 0) is 41.5 Å². The highest BCUT2D eigenvalue weighted by molar-refractivity contribution is 5.98. The van der Waals surface area contributed by atoms with E-state index in [2.05, 4.69) is 15.5 Å². The van der Waals surface area contributed by atoms with Crippen molar-refractivity contribution in [2.75, 3.05) is 0 Å². The molecule has 2 aromatic carbocycles. The minimum absolute atomic E-state index is 0.320. The molecule has 136 valence electrons. The molecule has 1 aromatic heterocycles. The number of nitrogens with zero attached hydrogens (tertiary/aromatic N) is 2. The van der Waals surface area contributed by atoms with Crippen LogP contribution >= 0.6 is 0 Å². The average molecular weight is 369 g/mol. The van der Waals surface area contributed by atoms with Gasteiger partial charge in [0.05, 0.1) is 5.56 Å². The summed E-state index contributed by atoms with van der Waals surface area (Å²) in [7, 11) is 0. The molecule has 0 radical (unpaired) electrons. The van der Waals surface area contributed by atoms with Crippen LogP contribution in [0.4, 0.5) is 13.2 Å². The Kier molecular flexibility index (Phi) is 4.37. The fourth-order valence-corrected chi connectivity index (χ4v) is 2.82. The molecule has 4 rings (SSSR count). The summed E-state index contributed by atoms with van der Waals surface area (Å²) in [5.74, 6) is 0.445. The number of hydrogen-bond acceptors (Lipinski definition) is 4. The van der Waals surface area contributed by atoms with Gasteiger partial charge in [0.15, 0.2) is 5.84 Å². The van der Waals surface area contributed by atoms with Crippen LogP contribution in [0.15, 0.2) is 78.0 Å². The van der Waals surface area contributed by atoms with E-state index < -0.39 is 18.0 Å². The maximum Gasteiger partial charge on any atom is 0.416 e. The number of rotatable bonds is 3. The van der Waals surface area contributed by atoms with E-state index in [-0.39, 0.29) is 0 Å². The van der Waals surface area contributed by atoms with E-state index >= 15 is 0 Å². The summed E-state index contributed by atoms with van der Waals surface area (Å²) in [5.41, 5.74) is 4.14. The van der Waals surface area contributed by atoms with E-state index in [1.807, 2.05) is 6.07 Å². The quantitative estimate of drug-likeness (QED) is 0.725. The van der Waals surface area contributed by atoms with Gasteiger partial charge in [-0.3, -0.25) is 4.98 Å². The number of hydroxylamine groups is 1. The van der Waals surface area contributed by atoms with E-state index in [9.17, 15) is 13.2 Å². The molecular formula is C20H14F3N3O. The SMILES string of the molecule is FC(F)(F)c1cc(-c2ccccc2)cc(C2N=C(c3ccncc3)NO2)c1. The number of amidine groups is 1. The lowest BCUT2D eigenvalue weighted by molar-refractivity contribution is -0.137. The van der Waals surface area contributed by atoms with E-state index in [1.165, 1.54) is 0 Å². The monoisotopic (exact) mass is 369 g/mol. The number of aliphatic imine (C=N–C) groups is 1. The summed E-state index contributed by atoms with van der Waals surface area (Å²) >= 11 is 0. The molecule has 0 saturated heterocycles. The minimum Gasteiger partial charge on any atom is -0.265 e. The first-order valence-electron chi connectivity index (χ1n) is 8.18. The largest absolute Gasteiger partial charge is 0.416 e. The predicted octanol–water partition coefficient (Wildman–Crippen LogP) is 4.75. The van der Waals surface area contributed by atoms with Crippen molar-refractivity contribution in [1.29, 1.82) is 0 Å². The van der Waals surface area contributed by atoms with Crippen molar-refractivity contribution in [3.63, 3.8) is 0 Å². The lowest BCUT2D eigenvalue weighted by Crippen LogP contribution is -2.18. The second-order valence-electron chi connectivity index (χ2n) is 5.99. The van der Waals surface area contributed by atoms with Crippen LogP contribution in [0.5, 0.6) is 0 Å². The van der Waals surface area contributed by atoms with Crippen molar-refractivity contribution in [3.8, 4) is 11.1 Å². The number of pyridine rings is 1. The normalized spacial score (nSPS) is 16.7. The average Bonchev–Trinajstić information content (AvgIpc) is 3.19. The fraction of sp³-hybridized carbons (Fsp3) is 0.100. The first kappa shape index (κ1) is 17.2. The molecule has 0 spiro atoms. The van der Waals surface area contributed by atoms with Crippen molar-refractivity contribution in [2.45, 2.75) is 12.4 Å². The Hall–Kier alpha value is -3.19. The van der Waals surface area contributed by atoms with Gasteiger partial charge in [-0.15, -0.1) is 0 Å². The van der Waals surface area contributed by atoms with Crippen LogP contribution < -0.4 is 5.48 Å². The first-order valence-corrected chi connectivity index (χ1v) is 8.18. The molecule has 4 nitrogen and oxygen atoms in total. The van der Waals surface area contributed by atoms with Crippen molar-refractivity contribution in [3.05, 3.63) is 89.7 Å². The third-order valence-electron chi connectivity index (χ3n) is 4.14. The molecule has 0 saturated carbocycles. The maximum absolute atomic E-state index is 13.4. The topological polar surface area (TPSA) is 46.5 Å². The molecule has 2 heterocycles. The van der Waals surface area contributed by atoms with Crippen LogP contribution in [0, 0.1) is 0 Å². The fourth-order valence-electron chi connectivity index (χ4n) is 2.82. The van der Waals surface area contributed by atoms with Crippen molar-refractivity contribution in [1.82, 2.24) is 10.5 Å². The molecule has 0 fully saturated rings. The van der Waals surface area contributed by atoms with Gasteiger partial charge < -0.3 is 0 Å². The Balaban J connectivity index is 1.75. The predicted molar refractivity (Wildman–Crippen MR) is 94.6 cm³/mol. The van der Waals surface area contributed by atoms with Crippen LogP contribution in [0.2, 0.25) is 0 Å². The number of aromatic nitrogens is 1. The lowest BCUT2D eigenvalue weighted by atomic mass is 9.99.